The minimum absolute atomic E-state index is 0.126. The standard InChI is InChI=1S/C9H13N5OS/c1-2-10-9-13-7-6(11-5-12-7)8(14-9)16-4-3-15/h5,15H,2-4H2,1H3,(H2,10,11,12,13,14). The lowest BCUT2D eigenvalue weighted by Gasteiger charge is -2.04. The van der Waals surface area contributed by atoms with Gasteiger partial charge in [-0.1, -0.05) is 0 Å². The smallest absolute Gasteiger partial charge is 0.225 e. The van der Waals surface area contributed by atoms with Crippen molar-refractivity contribution in [3.63, 3.8) is 0 Å². The van der Waals surface area contributed by atoms with Crippen molar-refractivity contribution in [1.29, 1.82) is 0 Å². The maximum Gasteiger partial charge on any atom is 0.225 e. The molecule has 0 unspecified atom stereocenters. The second kappa shape index (κ2) is 5.13. The number of nitrogens with one attached hydrogen (secondary N) is 2. The molecule has 0 saturated carbocycles. The van der Waals surface area contributed by atoms with Crippen molar-refractivity contribution < 1.29 is 5.11 Å². The van der Waals surface area contributed by atoms with Gasteiger partial charge in [-0.2, -0.15) is 4.98 Å². The second-order valence-electron chi connectivity index (χ2n) is 3.06. The van der Waals surface area contributed by atoms with Crippen LogP contribution in [0.4, 0.5) is 5.95 Å². The molecule has 6 nitrogen and oxygen atoms in total. The van der Waals surface area contributed by atoms with E-state index < -0.39 is 0 Å². The van der Waals surface area contributed by atoms with Gasteiger partial charge in [0, 0.05) is 12.3 Å². The van der Waals surface area contributed by atoms with Crippen molar-refractivity contribution in [3.8, 4) is 0 Å². The Morgan fingerprint density at radius 1 is 1.50 bits per heavy atom. The predicted octanol–water partition coefficient (Wildman–Crippen LogP) is 0.869. The first kappa shape index (κ1) is 11.2. The van der Waals surface area contributed by atoms with Crippen LogP contribution in [0.15, 0.2) is 11.4 Å². The van der Waals surface area contributed by atoms with Crippen LogP contribution in [0.3, 0.4) is 0 Å². The van der Waals surface area contributed by atoms with Gasteiger partial charge >= 0.3 is 0 Å². The molecule has 2 heterocycles. The lowest BCUT2D eigenvalue weighted by molar-refractivity contribution is 0.322. The minimum Gasteiger partial charge on any atom is -0.396 e. The fraction of sp³-hybridized carbons (Fsp3) is 0.444. The Balaban J connectivity index is 2.38. The van der Waals surface area contributed by atoms with E-state index in [1.807, 2.05) is 6.92 Å². The van der Waals surface area contributed by atoms with E-state index in [4.69, 9.17) is 5.11 Å². The first-order valence-electron chi connectivity index (χ1n) is 5.03. The van der Waals surface area contributed by atoms with E-state index in [2.05, 4.69) is 25.3 Å². The molecule has 0 saturated heterocycles. The van der Waals surface area contributed by atoms with E-state index in [1.165, 1.54) is 11.8 Å². The Kier molecular flexibility index (Phi) is 3.58. The number of imidazole rings is 1. The third-order valence-electron chi connectivity index (χ3n) is 1.92. The maximum atomic E-state index is 8.82. The SMILES string of the molecule is CCNc1nc(SCCO)c2[nH]cnc2n1. The third kappa shape index (κ3) is 2.25. The molecule has 0 aliphatic rings. The summed E-state index contributed by atoms with van der Waals surface area (Å²) >= 11 is 1.48. The Morgan fingerprint density at radius 3 is 3.12 bits per heavy atom. The highest BCUT2D eigenvalue weighted by Crippen LogP contribution is 2.23. The number of nitrogens with zero attached hydrogens (tertiary/aromatic N) is 3. The quantitative estimate of drug-likeness (QED) is 0.530. The third-order valence-corrected chi connectivity index (χ3v) is 2.87. The highest BCUT2D eigenvalue weighted by atomic mass is 32.2. The average molecular weight is 239 g/mol. The molecule has 2 aromatic rings. The zero-order valence-corrected chi connectivity index (χ0v) is 9.71. The van der Waals surface area contributed by atoms with Crippen LogP contribution in [-0.4, -0.2) is 43.9 Å². The largest absolute Gasteiger partial charge is 0.396 e. The number of aliphatic hydroxyl groups excluding tert-OH is 1. The van der Waals surface area contributed by atoms with Gasteiger partial charge in [-0.3, -0.25) is 0 Å². The van der Waals surface area contributed by atoms with E-state index in [-0.39, 0.29) is 6.61 Å². The Morgan fingerprint density at radius 2 is 2.38 bits per heavy atom. The number of anilines is 1. The molecule has 0 aromatic carbocycles. The van der Waals surface area contributed by atoms with Crippen LogP contribution in [0, 0.1) is 0 Å². The van der Waals surface area contributed by atoms with Gasteiger partial charge in [0.1, 0.15) is 10.5 Å². The van der Waals surface area contributed by atoms with Crippen LogP contribution in [0.25, 0.3) is 11.2 Å². The molecule has 0 fully saturated rings. The summed E-state index contributed by atoms with van der Waals surface area (Å²) in [5.41, 5.74) is 1.46. The lowest BCUT2D eigenvalue weighted by Crippen LogP contribution is -2.03. The summed E-state index contributed by atoms with van der Waals surface area (Å²) in [5.74, 6) is 1.18. The molecule has 7 heteroatoms. The van der Waals surface area contributed by atoms with Gasteiger partial charge in [0.15, 0.2) is 5.65 Å². The number of rotatable bonds is 5. The number of thioether (sulfide) groups is 1. The highest BCUT2D eigenvalue weighted by molar-refractivity contribution is 7.99. The van der Waals surface area contributed by atoms with Crippen LogP contribution < -0.4 is 5.32 Å². The minimum atomic E-state index is 0.126. The fourth-order valence-electron chi connectivity index (χ4n) is 1.29. The second-order valence-corrected chi connectivity index (χ2v) is 4.14. The molecule has 2 rings (SSSR count). The first-order chi connectivity index (χ1) is 7.85. The summed E-state index contributed by atoms with van der Waals surface area (Å²) in [5, 5.41) is 12.7. The number of hydrogen-bond donors (Lipinski definition) is 3. The van der Waals surface area contributed by atoms with Crippen molar-refractivity contribution in [2.45, 2.75) is 11.9 Å². The molecule has 0 atom stereocenters. The predicted molar refractivity (Wildman–Crippen MR) is 63.7 cm³/mol. The summed E-state index contributed by atoms with van der Waals surface area (Å²) in [4.78, 5) is 15.7. The molecule has 0 spiro atoms. The van der Waals surface area contributed by atoms with Gasteiger partial charge in [0.2, 0.25) is 5.95 Å². The normalized spacial score (nSPS) is 10.9. The molecule has 0 amide bonds. The summed E-state index contributed by atoms with van der Waals surface area (Å²) in [6.45, 7) is 2.87. The van der Waals surface area contributed by atoms with Crippen LogP contribution in [0.5, 0.6) is 0 Å². The summed E-state index contributed by atoms with van der Waals surface area (Å²) in [6, 6.07) is 0. The van der Waals surface area contributed by atoms with Gasteiger partial charge in [-0.25, -0.2) is 9.97 Å². The molecule has 0 aliphatic heterocycles. The summed E-state index contributed by atoms with van der Waals surface area (Å²) in [7, 11) is 0. The Labute approximate surface area is 96.9 Å². The molecule has 16 heavy (non-hydrogen) atoms. The number of aromatic amines is 1. The molecular weight excluding hydrogens is 226 g/mol. The summed E-state index contributed by atoms with van der Waals surface area (Å²) < 4.78 is 0. The van der Waals surface area contributed by atoms with E-state index in [1.54, 1.807) is 6.33 Å². The van der Waals surface area contributed by atoms with Crippen molar-refractivity contribution in [2.24, 2.45) is 0 Å². The van der Waals surface area contributed by atoms with Crippen molar-refractivity contribution >= 4 is 28.9 Å². The van der Waals surface area contributed by atoms with Crippen molar-refractivity contribution in [2.75, 3.05) is 24.2 Å². The fourth-order valence-corrected chi connectivity index (χ4v) is 2.02. The first-order valence-corrected chi connectivity index (χ1v) is 6.02. The molecular formula is C9H13N5OS. The maximum absolute atomic E-state index is 8.82. The van der Waals surface area contributed by atoms with Gasteiger partial charge in [-0.15, -0.1) is 11.8 Å². The zero-order valence-electron chi connectivity index (χ0n) is 8.90. The van der Waals surface area contributed by atoms with E-state index in [9.17, 15) is 0 Å². The Hall–Kier alpha value is -1.34. The van der Waals surface area contributed by atoms with Crippen LogP contribution in [-0.2, 0) is 0 Å². The molecule has 86 valence electrons. The monoisotopic (exact) mass is 239 g/mol. The van der Waals surface area contributed by atoms with Gasteiger partial charge < -0.3 is 15.4 Å². The molecule has 2 aromatic heterocycles. The van der Waals surface area contributed by atoms with E-state index in [0.29, 0.717) is 17.3 Å². The van der Waals surface area contributed by atoms with Gasteiger partial charge in [0.05, 0.1) is 12.9 Å². The molecule has 0 aliphatic carbocycles. The lowest BCUT2D eigenvalue weighted by atomic mass is 10.5. The highest BCUT2D eigenvalue weighted by Gasteiger charge is 2.09. The zero-order chi connectivity index (χ0) is 11.4. The average Bonchev–Trinajstić information content (AvgIpc) is 2.74. The van der Waals surface area contributed by atoms with E-state index >= 15 is 0 Å². The topological polar surface area (TPSA) is 86.7 Å². The number of hydrogen-bond acceptors (Lipinski definition) is 6. The van der Waals surface area contributed by atoms with Gasteiger partial charge in [0.25, 0.3) is 0 Å². The number of H-pyrrole nitrogens is 1. The van der Waals surface area contributed by atoms with Crippen LogP contribution in [0.2, 0.25) is 0 Å². The van der Waals surface area contributed by atoms with Gasteiger partial charge in [-0.05, 0) is 6.92 Å². The van der Waals surface area contributed by atoms with Crippen molar-refractivity contribution in [1.82, 2.24) is 19.9 Å². The number of aliphatic hydroxyl groups is 1. The number of fused-ring (bicyclic) bond motifs is 1. The van der Waals surface area contributed by atoms with E-state index in [0.717, 1.165) is 17.1 Å². The Bertz CT molecular complexity index is 472. The number of aromatic nitrogens is 4. The molecule has 0 radical (unpaired) electrons. The summed E-state index contributed by atoms with van der Waals surface area (Å²) in [6.07, 6.45) is 1.60. The van der Waals surface area contributed by atoms with Crippen LogP contribution >= 0.6 is 11.8 Å². The van der Waals surface area contributed by atoms with Crippen LogP contribution in [0.1, 0.15) is 6.92 Å². The van der Waals surface area contributed by atoms with Crippen molar-refractivity contribution in [3.05, 3.63) is 6.33 Å². The molecule has 0 bridgehead atoms. The molecule has 3 N–H and O–H groups in total.